The zero-order chi connectivity index (χ0) is 14.4. The van der Waals surface area contributed by atoms with Crippen LogP contribution >= 0.6 is 0 Å². The molecule has 20 heavy (non-hydrogen) atoms. The molecule has 1 aliphatic carbocycles. The molecule has 1 heterocycles. The number of aliphatic hydroxyl groups is 1. The van der Waals surface area contributed by atoms with Gasteiger partial charge in [0.1, 0.15) is 0 Å². The van der Waals surface area contributed by atoms with Crippen LogP contribution in [0.15, 0.2) is 0 Å². The molecule has 2 aliphatic rings. The van der Waals surface area contributed by atoms with Gasteiger partial charge in [-0.25, -0.2) is 0 Å². The van der Waals surface area contributed by atoms with Crippen LogP contribution in [-0.4, -0.2) is 48.2 Å². The molecule has 0 spiro atoms. The summed E-state index contributed by atoms with van der Waals surface area (Å²) < 4.78 is 0. The number of nitrogens with one attached hydrogen (secondary N) is 1. The summed E-state index contributed by atoms with van der Waals surface area (Å²) >= 11 is 0. The number of amides is 1. The minimum atomic E-state index is 0.232. The lowest BCUT2D eigenvalue weighted by atomic mass is 9.84. The van der Waals surface area contributed by atoms with Crippen molar-refractivity contribution in [1.29, 1.82) is 0 Å². The number of aliphatic hydroxyl groups excluding tert-OH is 1. The minimum Gasteiger partial charge on any atom is -0.396 e. The Kier molecular flexibility index (Phi) is 6.30. The van der Waals surface area contributed by atoms with Crippen molar-refractivity contribution in [2.45, 2.75) is 57.9 Å². The fraction of sp³-hybridized carbons (Fsp3) is 0.938. The summed E-state index contributed by atoms with van der Waals surface area (Å²) in [6.45, 7) is 5.08. The Hall–Kier alpha value is -0.610. The highest BCUT2D eigenvalue weighted by atomic mass is 16.3. The molecule has 0 radical (unpaired) electrons. The van der Waals surface area contributed by atoms with Gasteiger partial charge in [-0.1, -0.05) is 13.3 Å². The number of carbonyl (C=O) groups excluding carboxylic acids is 1. The van der Waals surface area contributed by atoms with Crippen molar-refractivity contribution in [3.63, 3.8) is 0 Å². The molecular formula is C16H30N2O2. The lowest BCUT2D eigenvalue weighted by Gasteiger charge is -2.39. The maximum atomic E-state index is 12.1. The van der Waals surface area contributed by atoms with Crippen molar-refractivity contribution in [3.05, 3.63) is 0 Å². The zero-order valence-corrected chi connectivity index (χ0v) is 12.8. The summed E-state index contributed by atoms with van der Waals surface area (Å²) in [7, 11) is 0. The summed E-state index contributed by atoms with van der Waals surface area (Å²) in [5.74, 6) is 1.59. The molecule has 1 aliphatic heterocycles. The Morgan fingerprint density at radius 2 is 2.10 bits per heavy atom. The van der Waals surface area contributed by atoms with E-state index in [9.17, 15) is 9.90 Å². The van der Waals surface area contributed by atoms with Gasteiger partial charge in [0.05, 0.1) is 0 Å². The van der Waals surface area contributed by atoms with Gasteiger partial charge in [-0.2, -0.15) is 0 Å². The third kappa shape index (κ3) is 4.45. The van der Waals surface area contributed by atoms with E-state index < -0.39 is 0 Å². The van der Waals surface area contributed by atoms with Crippen molar-refractivity contribution in [1.82, 2.24) is 10.2 Å². The van der Waals surface area contributed by atoms with E-state index in [0.717, 1.165) is 44.8 Å². The van der Waals surface area contributed by atoms with E-state index in [-0.39, 0.29) is 12.5 Å². The number of hydrogen-bond acceptors (Lipinski definition) is 3. The standard InChI is InChI=1S/C16H30N2O2/c1-2-4-16(20)18-11-14(7-8-19)9-15(12-18)17-10-13-5-3-6-13/h13-15,17,19H,2-12H2,1H3. The average molecular weight is 282 g/mol. The van der Waals surface area contributed by atoms with Crippen LogP contribution in [-0.2, 0) is 4.79 Å². The Bertz CT molecular complexity index is 305. The third-order valence-corrected chi connectivity index (χ3v) is 4.81. The molecule has 2 atom stereocenters. The van der Waals surface area contributed by atoms with Crippen LogP contribution in [0.25, 0.3) is 0 Å². The molecule has 116 valence electrons. The van der Waals surface area contributed by atoms with Gasteiger partial charge < -0.3 is 15.3 Å². The molecule has 2 N–H and O–H groups in total. The summed E-state index contributed by atoms with van der Waals surface area (Å²) in [5.41, 5.74) is 0. The Morgan fingerprint density at radius 1 is 1.30 bits per heavy atom. The van der Waals surface area contributed by atoms with Gasteiger partial charge in [0.25, 0.3) is 0 Å². The summed E-state index contributed by atoms with van der Waals surface area (Å²) in [6.07, 6.45) is 7.59. The van der Waals surface area contributed by atoms with Crippen LogP contribution in [0.1, 0.15) is 51.9 Å². The summed E-state index contributed by atoms with van der Waals surface area (Å²) in [6, 6.07) is 0.418. The quantitative estimate of drug-likeness (QED) is 0.748. The van der Waals surface area contributed by atoms with Crippen LogP contribution in [0.4, 0.5) is 0 Å². The highest BCUT2D eigenvalue weighted by molar-refractivity contribution is 5.76. The van der Waals surface area contributed by atoms with Crippen molar-refractivity contribution in [2.24, 2.45) is 11.8 Å². The largest absolute Gasteiger partial charge is 0.396 e. The first-order valence-corrected chi connectivity index (χ1v) is 8.35. The molecule has 0 aromatic heterocycles. The predicted octanol–water partition coefficient (Wildman–Crippen LogP) is 1.78. The fourth-order valence-electron chi connectivity index (χ4n) is 3.35. The highest BCUT2D eigenvalue weighted by Crippen LogP contribution is 2.26. The zero-order valence-electron chi connectivity index (χ0n) is 12.8. The molecule has 2 rings (SSSR count). The third-order valence-electron chi connectivity index (χ3n) is 4.81. The molecule has 4 heteroatoms. The minimum absolute atomic E-state index is 0.232. The van der Waals surface area contributed by atoms with E-state index in [4.69, 9.17) is 0 Å². The summed E-state index contributed by atoms with van der Waals surface area (Å²) in [5, 5.41) is 12.8. The van der Waals surface area contributed by atoms with E-state index >= 15 is 0 Å². The molecule has 0 aromatic carbocycles. The van der Waals surface area contributed by atoms with Gasteiger partial charge in [0, 0.05) is 32.2 Å². The Morgan fingerprint density at radius 3 is 2.70 bits per heavy atom. The first-order chi connectivity index (χ1) is 9.72. The number of hydrogen-bond donors (Lipinski definition) is 2. The van der Waals surface area contributed by atoms with Gasteiger partial charge in [0.15, 0.2) is 0 Å². The topological polar surface area (TPSA) is 52.6 Å². The number of nitrogens with zero attached hydrogens (tertiary/aromatic N) is 1. The van der Waals surface area contributed by atoms with Gasteiger partial charge in [-0.05, 0) is 50.5 Å². The molecule has 2 fully saturated rings. The second kappa shape index (κ2) is 7.99. The fourth-order valence-corrected chi connectivity index (χ4v) is 3.35. The maximum absolute atomic E-state index is 12.1. The number of carbonyl (C=O) groups is 1. The van der Waals surface area contributed by atoms with Crippen LogP contribution in [0.3, 0.4) is 0 Å². The van der Waals surface area contributed by atoms with Crippen molar-refractivity contribution < 1.29 is 9.90 Å². The van der Waals surface area contributed by atoms with Crippen LogP contribution < -0.4 is 5.32 Å². The smallest absolute Gasteiger partial charge is 0.222 e. The normalized spacial score (nSPS) is 27.4. The monoisotopic (exact) mass is 282 g/mol. The summed E-state index contributed by atoms with van der Waals surface area (Å²) in [4.78, 5) is 14.2. The van der Waals surface area contributed by atoms with E-state index in [1.807, 2.05) is 4.90 Å². The van der Waals surface area contributed by atoms with Crippen molar-refractivity contribution in [3.8, 4) is 0 Å². The number of likely N-dealkylation sites (tertiary alicyclic amines) is 1. The Labute approximate surface area is 122 Å². The maximum Gasteiger partial charge on any atom is 0.222 e. The van der Waals surface area contributed by atoms with E-state index in [2.05, 4.69) is 12.2 Å². The average Bonchev–Trinajstić information content (AvgIpc) is 2.37. The Balaban J connectivity index is 1.83. The lowest BCUT2D eigenvalue weighted by Crippen LogP contribution is -2.52. The molecule has 1 amide bonds. The van der Waals surface area contributed by atoms with Crippen molar-refractivity contribution in [2.75, 3.05) is 26.2 Å². The number of rotatable bonds is 7. The number of piperidine rings is 1. The highest BCUT2D eigenvalue weighted by Gasteiger charge is 2.29. The predicted molar refractivity (Wildman–Crippen MR) is 80.4 cm³/mol. The van der Waals surface area contributed by atoms with Gasteiger partial charge in [-0.3, -0.25) is 4.79 Å². The molecule has 0 aromatic rings. The first kappa shape index (κ1) is 15.8. The second-order valence-corrected chi connectivity index (χ2v) is 6.56. The van der Waals surface area contributed by atoms with Crippen LogP contribution in [0.2, 0.25) is 0 Å². The SMILES string of the molecule is CCCC(=O)N1CC(CCO)CC(NCC2CCC2)C1. The van der Waals surface area contributed by atoms with E-state index in [1.165, 1.54) is 19.3 Å². The molecule has 1 saturated carbocycles. The lowest BCUT2D eigenvalue weighted by molar-refractivity contribution is -0.133. The molecule has 1 saturated heterocycles. The van der Waals surface area contributed by atoms with Gasteiger partial charge in [-0.15, -0.1) is 0 Å². The van der Waals surface area contributed by atoms with Gasteiger partial charge in [0.2, 0.25) is 5.91 Å². The van der Waals surface area contributed by atoms with Crippen LogP contribution in [0.5, 0.6) is 0 Å². The van der Waals surface area contributed by atoms with E-state index in [0.29, 0.717) is 18.4 Å². The molecular weight excluding hydrogens is 252 g/mol. The first-order valence-electron chi connectivity index (χ1n) is 8.35. The second-order valence-electron chi connectivity index (χ2n) is 6.56. The molecule has 0 bridgehead atoms. The van der Waals surface area contributed by atoms with E-state index in [1.54, 1.807) is 0 Å². The van der Waals surface area contributed by atoms with Crippen LogP contribution in [0, 0.1) is 11.8 Å². The molecule has 2 unspecified atom stereocenters. The molecule has 4 nitrogen and oxygen atoms in total. The van der Waals surface area contributed by atoms with Gasteiger partial charge >= 0.3 is 0 Å². The van der Waals surface area contributed by atoms with Crippen molar-refractivity contribution >= 4 is 5.91 Å².